The molecule has 28 heavy (non-hydrogen) atoms. The zero-order valence-corrected chi connectivity index (χ0v) is 18.3. The number of nitrogens with zero attached hydrogens (tertiary/aromatic N) is 3. The van der Waals surface area contributed by atoms with E-state index in [1.54, 1.807) is 54.1 Å². The fourth-order valence-electron chi connectivity index (χ4n) is 2.20. The second-order valence-electron chi connectivity index (χ2n) is 5.59. The van der Waals surface area contributed by atoms with E-state index in [0.29, 0.717) is 35.3 Å². The third kappa shape index (κ3) is 4.93. The zero-order chi connectivity index (χ0) is 20.3. The molecule has 1 N–H and O–H groups in total. The molecule has 3 rings (SSSR count). The highest BCUT2D eigenvalue weighted by Crippen LogP contribution is 2.30. The van der Waals surface area contributed by atoms with Crippen LogP contribution in [0.5, 0.6) is 0 Å². The number of benzene rings is 2. The summed E-state index contributed by atoms with van der Waals surface area (Å²) in [5.74, 6) is -0.192. The lowest BCUT2D eigenvalue weighted by molar-refractivity contribution is -0.115. The monoisotopic (exact) mass is 466 g/mol. The lowest BCUT2D eigenvalue weighted by Gasteiger charge is -2.10. The summed E-state index contributed by atoms with van der Waals surface area (Å²) in [5.41, 5.74) is 1.76. The number of carbonyl (C=O) groups is 1. The Bertz CT molecular complexity index is 1140. The lowest BCUT2D eigenvalue weighted by Crippen LogP contribution is -2.22. The van der Waals surface area contributed by atoms with Gasteiger partial charge in [0.2, 0.25) is 5.91 Å². The van der Waals surface area contributed by atoms with Gasteiger partial charge in [0.1, 0.15) is 0 Å². The average molecular weight is 467 g/mol. The number of carbonyl (C=O) groups excluding carboxylic acids is 1. The standard InChI is InChI=1S/C18H12Cl2N4OS3/c1-10(16(25)22-12-4-2-3-11(7-12)9-21)27-17-23-24(18(26)28-17)13-5-6-14(19)15(20)8-13/h2-8,10H,1H3,(H,22,25)/t10-/m1/s1. The van der Waals surface area contributed by atoms with Gasteiger partial charge in [-0.05, 0) is 55.5 Å². The van der Waals surface area contributed by atoms with Crippen LogP contribution in [0.3, 0.4) is 0 Å². The smallest absolute Gasteiger partial charge is 0.237 e. The first-order chi connectivity index (χ1) is 13.4. The topological polar surface area (TPSA) is 70.7 Å². The maximum Gasteiger partial charge on any atom is 0.237 e. The summed E-state index contributed by atoms with van der Waals surface area (Å²) in [7, 11) is 0. The van der Waals surface area contributed by atoms with E-state index in [9.17, 15) is 4.79 Å². The molecule has 0 saturated carbocycles. The molecule has 2 aromatic carbocycles. The number of amides is 1. The summed E-state index contributed by atoms with van der Waals surface area (Å²) >= 11 is 20.0. The van der Waals surface area contributed by atoms with E-state index in [4.69, 9.17) is 40.7 Å². The number of thioether (sulfide) groups is 1. The van der Waals surface area contributed by atoms with Crippen LogP contribution in [0.15, 0.2) is 46.8 Å². The van der Waals surface area contributed by atoms with Crippen LogP contribution in [0.4, 0.5) is 5.69 Å². The van der Waals surface area contributed by atoms with Crippen molar-refractivity contribution in [1.29, 1.82) is 5.26 Å². The predicted octanol–water partition coefficient (Wildman–Crippen LogP) is 5.96. The molecule has 0 spiro atoms. The number of aromatic nitrogens is 2. The van der Waals surface area contributed by atoms with E-state index in [1.807, 2.05) is 6.07 Å². The molecule has 0 aliphatic heterocycles. The molecule has 1 amide bonds. The molecule has 3 aromatic rings. The number of rotatable bonds is 5. The van der Waals surface area contributed by atoms with Gasteiger partial charge in [0.25, 0.3) is 0 Å². The van der Waals surface area contributed by atoms with Crippen molar-refractivity contribution in [2.75, 3.05) is 5.32 Å². The molecule has 0 aliphatic rings. The molecule has 1 aromatic heterocycles. The average Bonchev–Trinajstić information content (AvgIpc) is 3.04. The quantitative estimate of drug-likeness (QED) is 0.370. The highest BCUT2D eigenvalue weighted by Gasteiger charge is 2.18. The Labute approximate surface area is 184 Å². The summed E-state index contributed by atoms with van der Waals surface area (Å²) in [6.07, 6.45) is 0. The molecule has 1 heterocycles. The summed E-state index contributed by atoms with van der Waals surface area (Å²) in [6.45, 7) is 1.78. The van der Waals surface area contributed by atoms with Crippen molar-refractivity contribution in [3.8, 4) is 11.8 Å². The van der Waals surface area contributed by atoms with Crippen LogP contribution in [0.25, 0.3) is 5.69 Å². The number of halogens is 2. The Morgan fingerprint density at radius 3 is 2.82 bits per heavy atom. The molecule has 5 nitrogen and oxygen atoms in total. The highest BCUT2D eigenvalue weighted by molar-refractivity contribution is 8.02. The van der Waals surface area contributed by atoms with Crippen molar-refractivity contribution in [2.24, 2.45) is 0 Å². The number of hydrogen-bond donors (Lipinski definition) is 1. The van der Waals surface area contributed by atoms with Gasteiger partial charge in [0, 0.05) is 5.69 Å². The van der Waals surface area contributed by atoms with Gasteiger partial charge < -0.3 is 5.32 Å². The van der Waals surface area contributed by atoms with Gasteiger partial charge in [-0.25, -0.2) is 4.68 Å². The van der Waals surface area contributed by atoms with E-state index in [2.05, 4.69) is 10.4 Å². The molecule has 0 fully saturated rings. The van der Waals surface area contributed by atoms with E-state index in [0.717, 1.165) is 0 Å². The van der Waals surface area contributed by atoms with Crippen LogP contribution >= 0.6 is 58.5 Å². The van der Waals surface area contributed by atoms with Gasteiger partial charge in [-0.1, -0.05) is 52.4 Å². The molecule has 0 saturated heterocycles. The van der Waals surface area contributed by atoms with E-state index < -0.39 is 5.25 Å². The summed E-state index contributed by atoms with van der Waals surface area (Å²) in [6, 6.07) is 13.9. The molecule has 10 heteroatoms. The van der Waals surface area contributed by atoms with E-state index in [1.165, 1.54) is 23.1 Å². The fraction of sp³-hybridized carbons (Fsp3) is 0.111. The second kappa shape index (κ2) is 9.07. The molecule has 0 unspecified atom stereocenters. The van der Waals surface area contributed by atoms with Crippen molar-refractivity contribution in [1.82, 2.24) is 9.78 Å². The van der Waals surface area contributed by atoms with Crippen molar-refractivity contribution < 1.29 is 4.79 Å². The molecular formula is C18H12Cl2N4OS3. The number of nitriles is 1. The van der Waals surface area contributed by atoms with Crippen LogP contribution in [0.1, 0.15) is 12.5 Å². The molecule has 0 bridgehead atoms. The zero-order valence-electron chi connectivity index (χ0n) is 14.3. The van der Waals surface area contributed by atoms with Crippen LogP contribution in [-0.2, 0) is 4.79 Å². The van der Waals surface area contributed by atoms with Gasteiger partial charge in [0.15, 0.2) is 8.29 Å². The second-order valence-corrected chi connectivity index (χ2v) is 9.61. The maximum absolute atomic E-state index is 12.5. The van der Waals surface area contributed by atoms with Crippen LogP contribution in [0, 0.1) is 15.3 Å². The first-order valence-corrected chi connectivity index (χ1v) is 10.8. The molecule has 142 valence electrons. The SMILES string of the molecule is C[C@@H](Sc1nn(-c2ccc(Cl)c(Cl)c2)c(=S)s1)C(=O)Nc1cccc(C#N)c1. The van der Waals surface area contributed by atoms with Crippen molar-refractivity contribution in [3.05, 3.63) is 62.0 Å². The van der Waals surface area contributed by atoms with Crippen molar-refractivity contribution in [3.63, 3.8) is 0 Å². The molecule has 0 aliphatic carbocycles. The number of hydrogen-bond acceptors (Lipinski definition) is 6. The Morgan fingerprint density at radius 2 is 2.11 bits per heavy atom. The van der Waals surface area contributed by atoms with Crippen LogP contribution in [-0.4, -0.2) is 20.9 Å². The largest absolute Gasteiger partial charge is 0.325 e. The first-order valence-electron chi connectivity index (χ1n) is 7.90. The van der Waals surface area contributed by atoms with Crippen LogP contribution in [0.2, 0.25) is 10.0 Å². The Morgan fingerprint density at radius 1 is 1.32 bits per heavy atom. The summed E-state index contributed by atoms with van der Waals surface area (Å²) in [4.78, 5) is 12.5. The van der Waals surface area contributed by atoms with Gasteiger partial charge in [0.05, 0.1) is 32.6 Å². The first kappa shape index (κ1) is 20.8. The normalized spacial score (nSPS) is 11.6. The lowest BCUT2D eigenvalue weighted by atomic mass is 10.2. The number of anilines is 1. The third-order valence-corrected chi connectivity index (χ3v) is 6.74. The van der Waals surface area contributed by atoms with Gasteiger partial charge >= 0.3 is 0 Å². The minimum absolute atomic E-state index is 0.192. The minimum atomic E-state index is -0.409. The molecule has 0 radical (unpaired) electrons. The Kier molecular flexibility index (Phi) is 6.75. The summed E-state index contributed by atoms with van der Waals surface area (Å²) < 4.78 is 2.78. The summed E-state index contributed by atoms with van der Waals surface area (Å²) in [5, 5.41) is 16.7. The molecule has 1 atom stereocenters. The third-order valence-electron chi connectivity index (χ3n) is 3.58. The Balaban J connectivity index is 1.73. The van der Waals surface area contributed by atoms with Crippen molar-refractivity contribution in [2.45, 2.75) is 16.5 Å². The Hall–Kier alpha value is -1.89. The van der Waals surface area contributed by atoms with Crippen LogP contribution < -0.4 is 5.32 Å². The van der Waals surface area contributed by atoms with Gasteiger partial charge in [-0.2, -0.15) is 5.26 Å². The fourth-order valence-corrected chi connectivity index (χ4v) is 5.00. The van der Waals surface area contributed by atoms with E-state index >= 15 is 0 Å². The minimum Gasteiger partial charge on any atom is -0.325 e. The van der Waals surface area contributed by atoms with Gasteiger partial charge in [-0.15, -0.1) is 5.10 Å². The highest BCUT2D eigenvalue weighted by atomic mass is 35.5. The maximum atomic E-state index is 12.5. The van der Waals surface area contributed by atoms with Crippen molar-refractivity contribution >= 4 is 70.1 Å². The predicted molar refractivity (Wildman–Crippen MR) is 117 cm³/mol. The molecular weight excluding hydrogens is 455 g/mol. The van der Waals surface area contributed by atoms with Gasteiger partial charge in [-0.3, -0.25) is 4.79 Å². The van der Waals surface area contributed by atoms with E-state index in [-0.39, 0.29) is 5.91 Å². The number of nitrogens with one attached hydrogen (secondary N) is 1.